The minimum atomic E-state index is -0.0712. The maximum Gasteiger partial charge on any atom is 0.276 e. The average Bonchev–Trinajstić information content (AvgIpc) is 3.31. The van der Waals surface area contributed by atoms with Gasteiger partial charge in [-0.05, 0) is 43.2 Å². The van der Waals surface area contributed by atoms with Crippen molar-refractivity contribution in [1.82, 2.24) is 24.8 Å². The van der Waals surface area contributed by atoms with Crippen molar-refractivity contribution in [2.24, 2.45) is 5.92 Å². The third-order valence-electron chi connectivity index (χ3n) is 6.16. The molecule has 2 amide bonds. The van der Waals surface area contributed by atoms with Gasteiger partial charge in [-0.15, -0.1) is 5.10 Å². The lowest BCUT2D eigenvalue weighted by Crippen LogP contribution is -2.39. The molecule has 1 saturated carbocycles. The molecule has 1 aromatic heterocycles. The van der Waals surface area contributed by atoms with Crippen LogP contribution in [0.2, 0.25) is 0 Å². The number of fused-ring (bicyclic) bond motifs is 1. The molecule has 146 valence electrons. The fraction of sp³-hybridized carbons (Fsp3) is 0.524. The van der Waals surface area contributed by atoms with E-state index in [2.05, 4.69) is 22.4 Å². The lowest BCUT2D eigenvalue weighted by atomic mass is 10.00. The number of carbonyl (C=O) groups excluding carboxylic acids is 2. The first kappa shape index (κ1) is 17.4. The van der Waals surface area contributed by atoms with E-state index < -0.39 is 0 Å². The van der Waals surface area contributed by atoms with Crippen molar-refractivity contribution in [2.75, 3.05) is 13.1 Å². The highest BCUT2D eigenvalue weighted by Crippen LogP contribution is 2.34. The monoisotopic (exact) mass is 379 g/mol. The second-order valence-electron chi connectivity index (χ2n) is 8.17. The molecule has 28 heavy (non-hydrogen) atoms. The molecule has 7 nitrogen and oxygen atoms in total. The zero-order valence-electron chi connectivity index (χ0n) is 16.0. The highest BCUT2D eigenvalue weighted by molar-refractivity contribution is 5.92. The van der Waals surface area contributed by atoms with Crippen LogP contribution in [0, 0.1) is 5.92 Å². The number of hydrogen-bond acceptors (Lipinski definition) is 4. The van der Waals surface area contributed by atoms with Gasteiger partial charge in [-0.1, -0.05) is 29.5 Å². The van der Waals surface area contributed by atoms with Crippen molar-refractivity contribution in [1.29, 1.82) is 0 Å². The quantitative estimate of drug-likeness (QED) is 0.813. The zero-order chi connectivity index (χ0) is 19.1. The van der Waals surface area contributed by atoms with Gasteiger partial charge in [0.05, 0.1) is 18.8 Å². The van der Waals surface area contributed by atoms with E-state index in [1.165, 1.54) is 11.1 Å². The van der Waals surface area contributed by atoms with Gasteiger partial charge in [0.1, 0.15) is 0 Å². The van der Waals surface area contributed by atoms with E-state index in [1.54, 1.807) is 10.9 Å². The van der Waals surface area contributed by atoms with Crippen LogP contribution in [-0.4, -0.2) is 55.7 Å². The molecular formula is C21H25N5O2. The standard InChI is InChI=1S/C21H25N5O2/c27-20(16-7-8-16)26-10-3-6-18(26)13-25-14-19(22-23-25)21(28)24-11-9-15-4-1-2-5-17(15)12-24/h1-2,4-5,14,16,18H,3,6-13H2/t18-/m0/s1. The average molecular weight is 379 g/mol. The van der Waals surface area contributed by atoms with E-state index in [0.717, 1.165) is 38.6 Å². The van der Waals surface area contributed by atoms with Gasteiger partial charge in [0.15, 0.2) is 5.69 Å². The summed E-state index contributed by atoms with van der Waals surface area (Å²) in [6.45, 7) is 2.78. The lowest BCUT2D eigenvalue weighted by molar-refractivity contribution is -0.133. The molecule has 0 spiro atoms. The molecule has 1 atom stereocenters. The number of hydrogen-bond donors (Lipinski definition) is 0. The minimum Gasteiger partial charge on any atom is -0.338 e. The second-order valence-corrected chi connectivity index (χ2v) is 8.17. The Morgan fingerprint density at radius 3 is 2.71 bits per heavy atom. The Labute approximate surface area is 164 Å². The maximum absolute atomic E-state index is 12.9. The SMILES string of the molecule is O=C(c1cn(C[C@@H]2CCCN2C(=O)C2CC2)nn1)N1CCc2ccccc2C1. The highest BCUT2D eigenvalue weighted by atomic mass is 16.2. The molecule has 2 aromatic rings. The van der Waals surface area contributed by atoms with Crippen LogP contribution in [0.1, 0.15) is 47.3 Å². The molecule has 3 aliphatic rings. The van der Waals surface area contributed by atoms with Crippen LogP contribution >= 0.6 is 0 Å². The molecule has 7 heteroatoms. The third kappa shape index (κ3) is 3.30. The van der Waals surface area contributed by atoms with Gasteiger partial charge in [-0.2, -0.15) is 0 Å². The molecule has 0 N–H and O–H groups in total. The second kappa shape index (κ2) is 7.04. The fourth-order valence-electron chi connectivity index (χ4n) is 4.41. The first-order chi connectivity index (χ1) is 13.7. The topological polar surface area (TPSA) is 71.3 Å². The Morgan fingerprint density at radius 1 is 1.07 bits per heavy atom. The Balaban J connectivity index is 1.25. The maximum atomic E-state index is 12.9. The van der Waals surface area contributed by atoms with Gasteiger partial charge in [-0.25, -0.2) is 4.68 Å². The van der Waals surface area contributed by atoms with Crippen LogP contribution < -0.4 is 0 Å². The molecule has 3 heterocycles. The van der Waals surface area contributed by atoms with Crippen molar-refractivity contribution >= 4 is 11.8 Å². The van der Waals surface area contributed by atoms with E-state index in [0.29, 0.717) is 31.2 Å². The molecular weight excluding hydrogens is 354 g/mol. The number of aromatic nitrogens is 3. The number of amides is 2. The van der Waals surface area contributed by atoms with Crippen LogP contribution in [0.3, 0.4) is 0 Å². The van der Waals surface area contributed by atoms with Crippen LogP contribution in [0.4, 0.5) is 0 Å². The number of nitrogens with zero attached hydrogens (tertiary/aromatic N) is 5. The summed E-state index contributed by atoms with van der Waals surface area (Å²) < 4.78 is 1.73. The van der Waals surface area contributed by atoms with Gasteiger partial charge in [0.25, 0.3) is 5.91 Å². The Bertz CT molecular complexity index is 904. The lowest BCUT2D eigenvalue weighted by Gasteiger charge is -2.28. The fourth-order valence-corrected chi connectivity index (χ4v) is 4.41. The number of likely N-dealkylation sites (tertiary alicyclic amines) is 1. The first-order valence-electron chi connectivity index (χ1n) is 10.3. The van der Waals surface area contributed by atoms with E-state index >= 15 is 0 Å². The normalized spacial score (nSPS) is 21.6. The van der Waals surface area contributed by atoms with Crippen LogP contribution in [0.25, 0.3) is 0 Å². The first-order valence-corrected chi connectivity index (χ1v) is 10.3. The number of rotatable bonds is 4. The summed E-state index contributed by atoms with van der Waals surface area (Å²) in [5.41, 5.74) is 2.91. The molecule has 5 rings (SSSR count). The number of carbonyl (C=O) groups is 2. The predicted octanol–water partition coefficient (Wildman–Crippen LogP) is 1.88. The molecule has 1 aromatic carbocycles. The summed E-state index contributed by atoms with van der Waals surface area (Å²) in [7, 11) is 0. The van der Waals surface area contributed by atoms with Crippen molar-refractivity contribution in [2.45, 2.75) is 51.2 Å². The summed E-state index contributed by atoms with van der Waals surface area (Å²) in [4.78, 5) is 29.2. The zero-order valence-corrected chi connectivity index (χ0v) is 16.0. The summed E-state index contributed by atoms with van der Waals surface area (Å²) in [5, 5.41) is 8.30. The van der Waals surface area contributed by atoms with Gasteiger partial charge >= 0.3 is 0 Å². The molecule has 0 bridgehead atoms. The molecule has 0 radical (unpaired) electrons. The highest BCUT2D eigenvalue weighted by Gasteiger charge is 2.38. The third-order valence-corrected chi connectivity index (χ3v) is 6.16. The summed E-state index contributed by atoms with van der Waals surface area (Å²) in [6.07, 6.45) is 6.70. The van der Waals surface area contributed by atoms with Gasteiger partial charge in [0, 0.05) is 25.6 Å². The van der Waals surface area contributed by atoms with E-state index in [9.17, 15) is 9.59 Å². The van der Waals surface area contributed by atoms with E-state index in [4.69, 9.17) is 0 Å². The summed E-state index contributed by atoms with van der Waals surface area (Å²) in [6, 6.07) is 8.43. The predicted molar refractivity (Wildman–Crippen MR) is 102 cm³/mol. The Morgan fingerprint density at radius 2 is 1.89 bits per heavy atom. The van der Waals surface area contributed by atoms with Crippen LogP contribution in [-0.2, 0) is 24.3 Å². The van der Waals surface area contributed by atoms with E-state index in [-0.39, 0.29) is 17.9 Å². The van der Waals surface area contributed by atoms with Gasteiger partial charge in [-0.3, -0.25) is 9.59 Å². The van der Waals surface area contributed by atoms with Crippen molar-refractivity contribution in [3.8, 4) is 0 Å². The van der Waals surface area contributed by atoms with Gasteiger partial charge < -0.3 is 9.80 Å². The summed E-state index contributed by atoms with van der Waals surface area (Å²) in [5.74, 6) is 0.472. The molecule has 2 fully saturated rings. The number of benzene rings is 1. The Kier molecular flexibility index (Phi) is 4.37. The van der Waals surface area contributed by atoms with Crippen molar-refractivity contribution < 1.29 is 9.59 Å². The van der Waals surface area contributed by atoms with Crippen LogP contribution in [0.5, 0.6) is 0 Å². The molecule has 1 saturated heterocycles. The molecule has 1 aliphatic carbocycles. The Hall–Kier alpha value is -2.70. The molecule has 2 aliphatic heterocycles. The van der Waals surface area contributed by atoms with Crippen molar-refractivity contribution in [3.05, 3.63) is 47.3 Å². The largest absolute Gasteiger partial charge is 0.338 e. The smallest absolute Gasteiger partial charge is 0.276 e. The van der Waals surface area contributed by atoms with Crippen LogP contribution in [0.15, 0.2) is 30.5 Å². The van der Waals surface area contributed by atoms with Gasteiger partial charge in [0.2, 0.25) is 5.91 Å². The minimum absolute atomic E-state index is 0.0712. The molecule has 0 unspecified atom stereocenters. The summed E-state index contributed by atoms with van der Waals surface area (Å²) >= 11 is 0. The van der Waals surface area contributed by atoms with E-state index in [1.807, 2.05) is 21.9 Å². The van der Waals surface area contributed by atoms with Crippen molar-refractivity contribution in [3.63, 3.8) is 0 Å².